The first-order chi connectivity index (χ1) is 9.58. The number of esters is 1. The van der Waals surface area contributed by atoms with E-state index in [-0.39, 0.29) is 12.0 Å². The molecule has 0 saturated heterocycles. The maximum absolute atomic E-state index is 11.7. The van der Waals surface area contributed by atoms with E-state index in [2.05, 4.69) is 6.92 Å². The monoisotopic (exact) mass is 279 g/mol. The summed E-state index contributed by atoms with van der Waals surface area (Å²) < 4.78 is 10.7. The predicted molar refractivity (Wildman–Crippen MR) is 79.9 cm³/mol. The fraction of sp³-hybridized carbons (Fsp3) is 0.562. The molecule has 1 unspecified atom stereocenters. The lowest BCUT2D eigenvalue weighted by Crippen LogP contribution is -2.23. The van der Waals surface area contributed by atoms with Gasteiger partial charge in [-0.05, 0) is 45.1 Å². The molecule has 0 aliphatic carbocycles. The van der Waals surface area contributed by atoms with E-state index in [1.165, 1.54) is 0 Å². The molecule has 0 heterocycles. The lowest BCUT2D eigenvalue weighted by atomic mass is 10.0. The Labute approximate surface area is 121 Å². The zero-order valence-electron chi connectivity index (χ0n) is 12.9. The van der Waals surface area contributed by atoms with Crippen molar-refractivity contribution in [3.05, 3.63) is 29.8 Å². The van der Waals surface area contributed by atoms with E-state index in [0.29, 0.717) is 19.6 Å². The fourth-order valence-corrected chi connectivity index (χ4v) is 2.01. The molecule has 0 saturated carbocycles. The number of carbonyl (C=O) groups is 1. The summed E-state index contributed by atoms with van der Waals surface area (Å²) in [7, 11) is 3.92. The molecular weight excluding hydrogens is 254 g/mol. The summed E-state index contributed by atoms with van der Waals surface area (Å²) in [6, 6.07) is 7.92. The van der Waals surface area contributed by atoms with Gasteiger partial charge in [0.1, 0.15) is 5.75 Å². The second-order valence-corrected chi connectivity index (χ2v) is 4.91. The molecule has 0 spiro atoms. The van der Waals surface area contributed by atoms with Crippen molar-refractivity contribution in [2.75, 3.05) is 27.3 Å². The molecule has 0 amide bonds. The van der Waals surface area contributed by atoms with Gasteiger partial charge in [-0.25, -0.2) is 0 Å². The van der Waals surface area contributed by atoms with Crippen molar-refractivity contribution in [1.29, 1.82) is 0 Å². The van der Waals surface area contributed by atoms with Crippen LogP contribution in [0, 0.1) is 0 Å². The van der Waals surface area contributed by atoms with Gasteiger partial charge < -0.3 is 14.4 Å². The zero-order chi connectivity index (χ0) is 15.0. The molecule has 0 aromatic heterocycles. The Morgan fingerprint density at radius 3 is 2.65 bits per heavy atom. The molecule has 0 N–H and O–H groups in total. The molecule has 112 valence electrons. The van der Waals surface area contributed by atoms with E-state index in [0.717, 1.165) is 17.7 Å². The van der Waals surface area contributed by atoms with Crippen LogP contribution in [0.15, 0.2) is 24.3 Å². The van der Waals surface area contributed by atoms with Crippen LogP contribution in [0.2, 0.25) is 0 Å². The molecule has 20 heavy (non-hydrogen) atoms. The van der Waals surface area contributed by atoms with Crippen LogP contribution in [-0.2, 0) is 9.53 Å². The number of nitrogens with zero attached hydrogens (tertiary/aromatic N) is 1. The average molecular weight is 279 g/mol. The lowest BCUT2D eigenvalue weighted by Gasteiger charge is -2.24. The SMILES string of the molecule is CCCOc1cccc(C(CC(=O)OCC)N(C)C)c1. The van der Waals surface area contributed by atoms with Crippen molar-refractivity contribution < 1.29 is 14.3 Å². The van der Waals surface area contributed by atoms with E-state index >= 15 is 0 Å². The fourth-order valence-electron chi connectivity index (χ4n) is 2.01. The largest absolute Gasteiger partial charge is 0.494 e. The van der Waals surface area contributed by atoms with Gasteiger partial charge in [-0.2, -0.15) is 0 Å². The molecule has 1 aromatic carbocycles. The Hall–Kier alpha value is -1.55. The third-order valence-electron chi connectivity index (χ3n) is 3.00. The Bertz CT molecular complexity index is 418. The summed E-state index contributed by atoms with van der Waals surface area (Å²) in [4.78, 5) is 13.7. The molecule has 0 fully saturated rings. The van der Waals surface area contributed by atoms with Crippen LogP contribution in [0.5, 0.6) is 5.75 Å². The molecule has 1 atom stereocenters. The Morgan fingerprint density at radius 1 is 1.30 bits per heavy atom. The second-order valence-electron chi connectivity index (χ2n) is 4.91. The first kappa shape index (κ1) is 16.5. The minimum absolute atomic E-state index is 0.000716. The van der Waals surface area contributed by atoms with Crippen molar-refractivity contribution >= 4 is 5.97 Å². The summed E-state index contributed by atoms with van der Waals surface area (Å²) in [5, 5.41) is 0. The summed E-state index contributed by atoms with van der Waals surface area (Å²) in [6.07, 6.45) is 1.32. The van der Waals surface area contributed by atoms with Gasteiger partial charge in [-0.1, -0.05) is 19.1 Å². The van der Waals surface area contributed by atoms with Crippen LogP contribution in [0.25, 0.3) is 0 Å². The third kappa shape index (κ3) is 5.21. The highest BCUT2D eigenvalue weighted by molar-refractivity contribution is 5.70. The van der Waals surface area contributed by atoms with Crippen LogP contribution >= 0.6 is 0 Å². The third-order valence-corrected chi connectivity index (χ3v) is 3.00. The molecule has 1 rings (SSSR count). The van der Waals surface area contributed by atoms with Crippen molar-refractivity contribution in [3.8, 4) is 5.75 Å². The van der Waals surface area contributed by atoms with Gasteiger partial charge in [0.15, 0.2) is 0 Å². The van der Waals surface area contributed by atoms with Crippen molar-refractivity contribution in [3.63, 3.8) is 0 Å². The van der Waals surface area contributed by atoms with E-state index < -0.39 is 0 Å². The molecular formula is C16H25NO3. The number of benzene rings is 1. The molecule has 4 nitrogen and oxygen atoms in total. The summed E-state index contributed by atoms with van der Waals surface area (Å²) in [5.41, 5.74) is 1.07. The van der Waals surface area contributed by atoms with Gasteiger partial charge >= 0.3 is 5.97 Å². The van der Waals surface area contributed by atoms with Gasteiger partial charge in [0.05, 0.1) is 19.6 Å². The van der Waals surface area contributed by atoms with Gasteiger partial charge in [-0.15, -0.1) is 0 Å². The Kier molecular flexibility index (Phi) is 7.09. The quantitative estimate of drug-likeness (QED) is 0.686. The van der Waals surface area contributed by atoms with Gasteiger partial charge in [0, 0.05) is 6.04 Å². The number of carbonyl (C=O) groups excluding carboxylic acids is 1. The van der Waals surface area contributed by atoms with Crippen LogP contribution < -0.4 is 4.74 Å². The first-order valence-corrected chi connectivity index (χ1v) is 7.13. The van der Waals surface area contributed by atoms with Crippen LogP contribution in [-0.4, -0.2) is 38.2 Å². The maximum Gasteiger partial charge on any atom is 0.307 e. The molecule has 0 aliphatic rings. The number of hydrogen-bond acceptors (Lipinski definition) is 4. The smallest absolute Gasteiger partial charge is 0.307 e. The van der Waals surface area contributed by atoms with Crippen molar-refractivity contribution in [1.82, 2.24) is 4.90 Å². The summed E-state index contributed by atoms with van der Waals surface area (Å²) >= 11 is 0. The number of ether oxygens (including phenoxy) is 2. The van der Waals surface area contributed by atoms with Crippen molar-refractivity contribution in [2.24, 2.45) is 0 Å². The zero-order valence-corrected chi connectivity index (χ0v) is 12.9. The molecule has 4 heteroatoms. The standard InChI is InChI=1S/C16H25NO3/c1-5-10-20-14-9-7-8-13(11-14)15(17(3)4)12-16(18)19-6-2/h7-9,11,15H,5-6,10,12H2,1-4H3. The van der Waals surface area contributed by atoms with Crippen molar-refractivity contribution in [2.45, 2.75) is 32.7 Å². The average Bonchev–Trinajstić information content (AvgIpc) is 2.43. The first-order valence-electron chi connectivity index (χ1n) is 7.13. The Morgan fingerprint density at radius 2 is 2.05 bits per heavy atom. The molecule has 0 aliphatic heterocycles. The van der Waals surface area contributed by atoms with Crippen LogP contribution in [0.1, 0.15) is 38.3 Å². The molecule has 1 aromatic rings. The lowest BCUT2D eigenvalue weighted by molar-refractivity contribution is -0.144. The van der Waals surface area contributed by atoms with Crippen LogP contribution in [0.3, 0.4) is 0 Å². The maximum atomic E-state index is 11.7. The summed E-state index contributed by atoms with van der Waals surface area (Å²) in [5.74, 6) is 0.672. The molecule has 0 radical (unpaired) electrons. The van der Waals surface area contributed by atoms with Gasteiger partial charge in [0.2, 0.25) is 0 Å². The molecule has 0 bridgehead atoms. The second kappa shape index (κ2) is 8.59. The van der Waals surface area contributed by atoms with Gasteiger partial charge in [-0.3, -0.25) is 4.79 Å². The summed E-state index contributed by atoms with van der Waals surface area (Å²) in [6.45, 7) is 5.02. The topological polar surface area (TPSA) is 38.8 Å². The van der Waals surface area contributed by atoms with Gasteiger partial charge in [0.25, 0.3) is 0 Å². The predicted octanol–water partition coefficient (Wildman–Crippen LogP) is 3.03. The van der Waals surface area contributed by atoms with E-state index in [9.17, 15) is 4.79 Å². The number of hydrogen-bond donors (Lipinski definition) is 0. The highest BCUT2D eigenvalue weighted by Crippen LogP contribution is 2.26. The van der Waals surface area contributed by atoms with E-state index in [4.69, 9.17) is 9.47 Å². The van der Waals surface area contributed by atoms with Crippen LogP contribution in [0.4, 0.5) is 0 Å². The van der Waals surface area contributed by atoms with E-state index in [1.54, 1.807) is 0 Å². The highest BCUT2D eigenvalue weighted by Gasteiger charge is 2.19. The normalized spacial score (nSPS) is 12.2. The number of rotatable bonds is 8. The highest BCUT2D eigenvalue weighted by atomic mass is 16.5. The minimum atomic E-state index is -0.175. The van der Waals surface area contributed by atoms with E-state index in [1.807, 2.05) is 50.2 Å². The Balaban J connectivity index is 2.83. The minimum Gasteiger partial charge on any atom is -0.494 e.